The fourth-order valence-corrected chi connectivity index (χ4v) is 4.88. The number of hydrogen-bond donors (Lipinski definition) is 2. The van der Waals surface area contributed by atoms with Crippen molar-refractivity contribution in [1.29, 1.82) is 0 Å². The van der Waals surface area contributed by atoms with Gasteiger partial charge in [-0.3, -0.25) is 9.59 Å². The van der Waals surface area contributed by atoms with Crippen molar-refractivity contribution in [3.8, 4) is 11.5 Å². The van der Waals surface area contributed by atoms with E-state index in [-0.39, 0.29) is 37.1 Å². The zero-order chi connectivity index (χ0) is 26.9. The number of ketones is 1. The Morgan fingerprint density at radius 3 is 2.39 bits per heavy atom. The number of nitrogens with two attached hydrogens (primary N) is 1. The van der Waals surface area contributed by atoms with Gasteiger partial charge in [0.25, 0.3) is 0 Å². The van der Waals surface area contributed by atoms with Crippen LogP contribution in [0.2, 0.25) is 0 Å². The van der Waals surface area contributed by atoms with Gasteiger partial charge in [0.2, 0.25) is 0 Å². The maximum Gasteiger partial charge on any atom is 0.309 e. The number of aliphatic carboxylic acids is 1. The van der Waals surface area contributed by atoms with Gasteiger partial charge in [0.15, 0.2) is 0 Å². The maximum atomic E-state index is 12.8. The van der Waals surface area contributed by atoms with Crippen molar-refractivity contribution in [3.05, 3.63) is 90.0 Å². The van der Waals surface area contributed by atoms with Crippen molar-refractivity contribution in [2.75, 3.05) is 6.61 Å². The first-order chi connectivity index (χ1) is 18.4. The second kappa shape index (κ2) is 13.0. The Morgan fingerprint density at radius 2 is 1.71 bits per heavy atom. The number of fused-ring (bicyclic) bond motifs is 1. The number of aliphatic imine (C=N–C) groups is 1. The van der Waals surface area contributed by atoms with Crippen molar-refractivity contribution in [3.63, 3.8) is 0 Å². The lowest BCUT2D eigenvalue weighted by atomic mass is 9.80. The summed E-state index contributed by atoms with van der Waals surface area (Å²) >= 11 is 0. The highest BCUT2D eigenvalue weighted by molar-refractivity contribution is 5.96. The zero-order valence-electron chi connectivity index (χ0n) is 21.6. The zero-order valence-corrected chi connectivity index (χ0v) is 21.6. The maximum absolute atomic E-state index is 12.8. The number of carboxylic acids is 1. The first-order valence-corrected chi connectivity index (χ1v) is 13.0. The largest absolute Gasteiger partial charge is 0.481 e. The van der Waals surface area contributed by atoms with Crippen LogP contribution in [0.5, 0.6) is 11.5 Å². The van der Waals surface area contributed by atoms with E-state index in [9.17, 15) is 14.7 Å². The van der Waals surface area contributed by atoms with Crippen molar-refractivity contribution in [2.45, 2.75) is 45.1 Å². The Bertz CT molecular complexity index is 1260. The third kappa shape index (κ3) is 7.07. The quantitative estimate of drug-likeness (QED) is 0.263. The monoisotopic (exact) mass is 514 g/mol. The van der Waals surface area contributed by atoms with Crippen LogP contribution in [0, 0.1) is 11.8 Å². The van der Waals surface area contributed by atoms with Crippen LogP contribution in [0.15, 0.2) is 83.9 Å². The second-order valence-corrected chi connectivity index (χ2v) is 9.64. The van der Waals surface area contributed by atoms with Gasteiger partial charge in [-0.15, -0.1) is 0 Å². The van der Waals surface area contributed by atoms with E-state index in [2.05, 4.69) is 11.9 Å². The lowest BCUT2D eigenvalue weighted by molar-refractivity contribution is -0.146. The molecule has 7 heteroatoms. The molecule has 198 valence electrons. The predicted molar refractivity (Wildman–Crippen MR) is 147 cm³/mol. The van der Waals surface area contributed by atoms with Crippen LogP contribution < -0.4 is 10.5 Å². The smallest absolute Gasteiger partial charge is 0.309 e. The van der Waals surface area contributed by atoms with Gasteiger partial charge in [-0.25, -0.2) is 4.99 Å². The van der Waals surface area contributed by atoms with Crippen LogP contribution in [0.1, 0.15) is 49.7 Å². The molecule has 0 amide bonds. The summed E-state index contributed by atoms with van der Waals surface area (Å²) < 4.78 is 11.6. The molecule has 3 atom stereocenters. The van der Waals surface area contributed by atoms with Gasteiger partial charge < -0.3 is 20.3 Å². The molecule has 38 heavy (non-hydrogen) atoms. The molecule has 0 saturated heterocycles. The molecule has 0 radical (unpaired) electrons. The van der Waals surface area contributed by atoms with E-state index < -0.39 is 11.9 Å². The van der Waals surface area contributed by atoms with E-state index in [4.69, 9.17) is 15.2 Å². The topological polar surface area (TPSA) is 111 Å². The Balaban J connectivity index is 1.34. The number of carbonyl (C=O) groups excluding carboxylic acids is 1. The third-order valence-electron chi connectivity index (χ3n) is 6.92. The molecule has 0 saturated carbocycles. The molecular formula is C31H34N2O5. The highest BCUT2D eigenvalue weighted by Crippen LogP contribution is 2.43. The first-order valence-electron chi connectivity index (χ1n) is 13.0. The lowest BCUT2D eigenvalue weighted by Gasteiger charge is -2.23. The molecule has 3 aromatic carbocycles. The van der Waals surface area contributed by atoms with Gasteiger partial charge >= 0.3 is 5.97 Å². The summed E-state index contributed by atoms with van der Waals surface area (Å²) in [5.41, 5.74) is 9.14. The normalized spacial score (nSPS) is 15.8. The summed E-state index contributed by atoms with van der Waals surface area (Å²) in [6.07, 6.45) is 1.62. The van der Waals surface area contributed by atoms with Crippen LogP contribution in [0.3, 0.4) is 0 Å². The molecular weight excluding hydrogens is 480 g/mol. The number of carboxylic acid groups (broad SMARTS) is 1. The van der Waals surface area contributed by atoms with E-state index in [0.29, 0.717) is 24.6 Å². The van der Waals surface area contributed by atoms with Crippen molar-refractivity contribution in [2.24, 2.45) is 22.6 Å². The number of nitrogens with zero attached hydrogens (tertiary/aromatic N) is 1. The number of hydrogen-bond acceptors (Lipinski definition) is 6. The second-order valence-electron chi connectivity index (χ2n) is 9.64. The summed E-state index contributed by atoms with van der Waals surface area (Å²) in [6.45, 7) is 2.38. The Hall–Kier alpha value is -3.97. The molecule has 3 unspecified atom stereocenters. The minimum absolute atomic E-state index is 0.00697. The molecule has 1 aliphatic heterocycles. The third-order valence-corrected chi connectivity index (χ3v) is 6.92. The van der Waals surface area contributed by atoms with Crippen molar-refractivity contribution in [1.82, 2.24) is 0 Å². The molecule has 0 aliphatic carbocycles. The predicted octanol–water partition coefficient (Wildman–Crippen LogP) is 6.25. The van der Waals surface area contributed by atoms with Crippen LogP contribution in [-0.2, 0) is 20.9 Å². The number of amidine groups is 1. The van der Waals surface area contributed by atoms with Gasteiger partial charge in [0.05, 0.1) is 24.8 Å². The highest BCUT2D eigenvalue weighted by Gasteiger charge is 2.33. The van der Waals surface area contributed by atoms with Crippen LogP contribution in [0.25, 0.3) is 0 Å². The minimum Gasteiger partial charge on any atom is -0.481 e. The Morgan fingerprint density at radius 1 is 1.00 bits per heavy atom. The first kappa shape index (κ1) is 27.1. The lowest BCUT2D eigenvalue weighted by Crippen LogP contribution is -2.26. The summed E-state index contributed by atoms with van der Waals surface area (Å²) in [5.74, 6) is -0.0266. The average Bonchev–Trinajstić information content (AvgIpc) is 3.24. The fraction of sp³-hybridized carbons (Fsp3) is 0.323. The number of rotatable bonds is 14. The average molecular weight is 515 g/mol. The molecule has 4 rings (SSSR count). The number of Topliss-reactive ketones (excluding diaryl/α,β-unsaturated/α-hetero) is 1. The van der Waals surface area contributed by atoms with Crippen LogP contribution in [0.4, 0.5) is 5.69 Å². The molecule has 3 aromatic rings. The highest BCUT2D eigenvalue weighted by atomic mass is 16.5. The van der Waals surface area contributed by atoms with E-state index in [1.807, 2.05) is 78.9 Å². The van der Waals surface area contributed by atoms with E-state index in [0.717, 1.165) is 29.0 Å². The van der Waals surface area contributed by atoms with E-state index in [1.54, 1.807) is 0 Å². The van der Waals surface area contributed by atoms with E-state index in [1.165, 1.54) is 0 Å². The van der Waals surface area contributed by atoms with E-state index >= 15 is 0 Å². The van der Waals surface area contributed by atoms with Gasteiger partial charge in [0.1, 0.15) is 23.1 Å². The molecule has 0 fully saturated rings. The van der Waals surface area contributed by atoms with Gasteiger partial charge in [-0.1, -0.05) is 61.9 Å². The SMILES string of the molecule is CCC(CCC(=O)CC(COCc1ccccc1)C(=O)O)C1C(N)=Nc2ccc(Oc3ccccc3)cc21. The van der Waals surface area contributed by atoms with Crippen LogP contribution >= 0.6 is 0 Å². The molecule has 0 aromatic heterocycles. The fourth-order valence-electron chi connectivity index (χ4n) is 4.88. The Labute approximate surface area is 223 Å². The molecule has 7 nitrogen and oxygen atoms in total. The number of carbonyl (C=O) groups is 2. The summed E-state index contributed by atoms with van der Waals surface area (Å²) in [4.78, 5) is 29.1. The summed E-state index contributed by atoms with van der Waals surface area (Å²) in [6, 6.07) is 24.9. The summed E-state index contributed by atoms with van der Waals surface area (Å²) in [7, 11) is 0. The van der Waals surface area contributed by atoms with Gasteiger partial charge in [0, 0.05) is 18.8 Å². The summed E-state index contributed by atoms with van der Waals surface area (Å²) in [5, 5.41) is 9.61. The van der Waals surface area contributed by atoms with Crippen molar-refractivity contribution < 1.29 is 24.2 Å². The molecule has 0 spiro atoms. The number of benzene rings is 3. The minimum atomic E-state index is -1.02. The number of para-hydroxylation sites is 1. The molecule has 0 bridgehead atoms. The van der Waals surface area contributed by atoms with Crippen molar-refractivity contribution >= 4 is 23.3 Å². The Kier molecular flexibility index (Phi) is 9.27. The van der Waals surface area contributed by atoms with Gasteiger partial charge in [-0.2, -0.15) is 0 Å². The molecule has 3 N–H and O–H groups in total. The number of ether oxygens (including phenoxy) is 2. The molecule has 1 heterocycles. The van der Waals surface area contributed by atoms with Crippen LogP contribution in [-0.4, -0.2) is 29.3 Å². The standard InChI is InChI=1S/C31H34N2O5/c1-2-22(13-14-24(34)17-23(31(35)36)20-37-19-21-9-5-3-6-10-21)29-27-18-26(15-16-28(27)33-30(29)32)38-25-11-7-4-8-12-25/h3-12,15-16,18,22-23,29H,2,13-14,17,19-20H2,1H3,(H2,32,33)(H,35,36). The van der Waals surface area contributed by atoms with Gasteiger partial charge in [-0.05, 0) is 53.8 Å². The molecule has 1 aliphatic rings.